The monoisotopic (exact) mass is 297 g/mol. The number of ether oxygens (including phenoxy) is 1. The van der Waals surface area contributed by atoms with Gasteiger partial charge in [-0.2, -0.15) is 0 Å². The zero-order chi connectivity index (χ0) is 15.3. The molecule has 110 valence electrons. The summed E-state index contributed by atoms with van der Waals surface area (Å²) in [7, 11) is 1.46. The summed E-state index contributed by atoms with van der Waals surface area (Å²) in [4.78, 5) is 25.2. The molecular formula is C14H19NO4S. The van der Waals surface area contributed by atoms with Crippen LogP contribution in [0.1, 0.15) is 13.8 Å². The number of aliphatic carboxylic acids is 1. The normalized spacial score (nSPS) is 13.4. The molecule has 1 amide bonds. The number of carboxylic acids is 1. The van der Waals surface area contributed by atoms with E-state index in [4.69, 9.17) is 9.84 Å². The predicted octanol–water partition coefficient (Wildman–Crippen LogP) is 2.11. The molecule has 0 saturated heterocycles. The van der Waals surface area contributed by atoms with Gasteiger partial charge in [0.15, 0.2) is 6.10 Å². The number of hydrogen-bond acceptors (Lipinski definition) is 4. The van der Waals surface area contributed by atoms with E-state index in [1.807, 2.05) is 18.4 Å². The third-order valence-electron chi connectivity index (χ3n) is 3.01. The predicted molar refractivity (Wildman–Crippen MR) is 78.2 cm³/mol. The molecular weight excluding hydrogens is 278 g/mol. The Kier molecular flexibility index (Phi) is 5.88. The van der Waals surface area contributed by atoms with E-state index in [9.17, 15) is 9.59 Å². The van der Waals surface area contributed by atoms with Crippen LogP contribution in [-0.2, 0) is 9.59 Å². The highest BCUT2D eigenvalue weighted by atomic mass is 32.2. The fourth-order valence-electron chi connectivity index (χ4n) is 1.55. The van der Waals surface area contributed by atoms with Crippen molar-refractivity contribution in [3.05, 3.63) is 24.3 Å². The molecule has 0 bridgehead atoms. The Labute approximate surface area is 122 Å². The Morgan fingerprint density at radius 1 is 1.25 bits per heavy atom. The molecule has 20 heavy (non-hydrogen) atoms. The van der Waals surface area contributed by atoms with Crippen molar-refractivity contribution in [1.29, 1.82) is 0 Å². The molecule has 0 aliphatic rings. The second-order valence-corrected chi connectivity index (χ2v) is 5.28. The smallest absolute Gasteiger partial charge is 0.326 e. The van der Waals surface area contributed by atoms with Gasteiger partial charge in [0, 0.05) is 11.9 Å². The Morgan fingerprint density at radius 2 is 1.80 bits per heavy atom. The molecule has 0 radical (unpaired) electrons. The summed E-state index contributed by atoms with van der Waals surface area (Å²) in [5.41, 5.74) is 0. The van der Waals surface area contributed by atoms with Crippen LogP contribution in [0.5, 0.6) is 5.75 Å². The number of carbonyl (C=O) groups is 2. The van der Waals surface area contributed by atoms with Crippen LogP contribution >= 0.6 is 11.8 Å². The van der Waals surface area contributed by atoms with Crippen LogP contribution in [0.25, 0.3) is 0 Å². The average molecular weight is 297 g/mol. The molecule has 1 aromatic carbocycles. The fraction of sp³-hybridized carbons (Fsp3) is 0.429. The van der Waals surface area contributed by atoms with E-state index in [-0.39, 0.29) is 5.91 Å². The van der Waals surface area contributed by atoms with E-state index < -0.39 is 18.1 Å². The Hall–Kier alpha value is -1.69. The highest BCUT2D eigenvalue weighted by Crippen LogP contribution is 2.20. The van der Waals surface area contributed by atoms with Gasteiger partial charge in [0.25, 0.3) is 5.91 Å². The van der Waals surface area contributed by atoms with E-state index in [1.165, 1.54) is 18.9 Å². The second kappa shape index (κ2) is 7.19. The van der Waals surface area contributed by atoms with Crippen LogP contribution in [0, 0.1) is 0 Å². The maximum absolute atomic E-state index is 12.0. The molecule has 1 rings (SSSR count). The van der Waals surface area contributed by atoms with Gasteiger partial charge in [-0.05, 0) is 44.4 Å². The first-order chi connectivity index (χ1) is 9.36. The lowest BCUT2D eigenvalue weighted by Gasteiger charge is -2.25. The van der Waals surface area contributed by atoms with Crippen LogP contribution in [0.4, 0.5) is 0 Å². The molecule has 0 saturated carbocycles. The van der Waals surface area contributed by atoms with E-state index >= 15 is 0 Å². The van der Waals surface area contributed by atoms with E-state index in [2.05, 4.69) is 0 Å². The summed E-state index contributed by atoms with van der Waals surface area (Å²) in [6.45, 7) is 3.07. The van der Waals surface area contributed by atoms with E-state index in [1.54, 1.807) is 30.8 Å². The van der Waals surface area contributed by atoms with Crippen LogP contribution < -0.4 is 4.74 Å². The number of rotatable bonds is 6. The molecule has 2 unspecified atom stereocenters. The molecule has 0 aliphatic carbocycles. The molecule has 1 aromatic rings. The Morgan fingerprint density at radius 3 is 2.25 bits per heavy atom. The van der Waals surface area contributed by atoms with E-state index in [0.717, 1.165) is 4.90 Å². The van der Waals surface area contributed by atoms with Crippen LogP contribution in [0.2, 0.25) is 0 Å². The van der Waals surface area contributed by atoms with Gasteiger partial charge in [0.2, 0.25) is 0 Å². The number of carbonyl (C=O) groups excluding carboxylic acids is 1. The third kappa shape index (κ3) is 4.16. The summed E-state index contributed by atoms with van der Waals surface area (Å²) in [5, 5.41) is 8.89. The second-order valence-electron chi connectivity index (χ2n) is 4.40. The number of benzene rings is 1. The first-order valence-corrected chi connectivity index (χ1v) is 7.39. The van der Waals surface area contributed by atoms with Crippen molar-refractivity contribution >= 4 is 23.6 Å². The zero-order valence-electron chi connectivity index (χ0n) is 12.0. The quantitative estimate of drug-likeness (QED) is 0.815. The van der Waals surface area contributed by atoms with Gasteiger partial charge in [-0.3, -0.25) is 4.79 Å². The average Bonchev–Trinajstić information content (AvgIpc) is 2.45. The van der Waals surface area contributed by atoms with Crippen molar-refractivity contribution in [3.8, 4) is 5.75 Å². The summed E-state index contributed by atoms with van der Waals surface area (Å²) in [6.07, 6.45) is 1.24. The summed E-state index contributed by atoms with van der Waals surface area (Å²) >= 11 is 1.62. The number of thioether (sulfide) groups is 1. The van der Waals surface area contributed by atoms with Gasteiger partial charge in [0.05, 0.1) is 0 Å². The molecule has 5 nitrogen and oxygen atoms in total. The molecule has 0 aromatic heterocycles. The van der Waals surface area contributed by atoms with Crippen LogP contribution in [0.15, 0.2) is 29.2 Å². The van der Waals surface area contributed by atoms with Crippen molar-refractivity contribution in [2.45, 2.75) is 30.9 Å². The molecule has 6 heteroatoms. The van der Waals surface area contributed by atoms with Gasteiger partial charge in [-0.15, -0.1) is 11.8 Å². The lowest BCUT2D eigenvalue weighted by Crippen LogP contribution is -2.46. The lowest BCUT2D eigenvalue weighted by molar-refractivity contribution is -0.150. The van der Waals surface area contributed by atoms with Crippen molar-refractivity contribution in [2.75, 3.05) is 13.3 Å². The maximum atomic E-state index is 12.0. The molecule has 0 heterocycles. The first kappa shape index (κ1) is 16.4. The van der Waals surface area contributed by atoms with E-state index in [0.29, 0.717) is 5.75 Å². The molecule has 2 atom stereocenters. The SMILES string of the molecule is CSc1ccc(OC(C)C(=O)N(C)C(C)C(=O)O)cc1. The first-order valence-electron chi connectivity index (χ1n) is 6.17. The fourth-order valence-corrected chi connectivity index (χ4v) is 1.96. The third-order valence-corrected chi connectivity index (χ3v) is 3.75. The van der Waals surface area contributed by atoms with Crippen LogP contribution in [0.3, 0.4) is 0 Å². The van der Waals surface area contributed by atoms with Crippen molar-refractivity contribution in [2.24, 2.45) is 0 Å². The highest BCUT2D eigenvalue weighted by molar-refractivity contribution is 7.98. The minimum absolute atomic E-state index is 0.367. The molecule has 0 fully saturated rings. The number of likely N-dealkylation sites (N-methyl/N-ethyl adjacent to an activating group) is 1. The van der Waals surface area contributed by atoms with Crippen LogP contribution in [-0.4, -0.2) is 47.3 Å². The molecule has 0 spiro atoms. The Bertz CT molecular complexity index is 475. The standard InChI is InChI=1S/C14H19NO4S/c1-9(14(17)18)15(3)13(16)10(2)19-11-5-7-12(20-4)8-6-11/h5-10H,1-4H3,(H,17,18). The molecule has 1 N–H and O–H groups in total. The van der Waals surface area contributed by atoms with Gasteiger partial charge in [-0.1, -0.05) is 0 Å². The summed E-state index contributed by atoms with van der Waals surface area (Å²) < 4.78 is 5.53. The minimum Gasteiger partial charge on any atom is -0.481 e. The van der Waals surface area contributed by atoms with Gasteiger partial charge in [-0.25, -0.2) is 4.79 Å². The largest absolute Gasteiger partial charge is 0.481 e. The molecule has 0 aliphatic heterocycles. The lowest BCUT2D eigenvalue weighted by atomic mass is 10.2. The van der Waals surface area contributed by atoms with Gasteiger partial charge < -0.3 is 14.7 Å². The Balaban J connectivity index is 2.67. The minimum atomic E-state index is -1.04. The number of hydrogen-bond donors (Lipinski definition) is 1. The topological polar surface area (TPSA) is 66.8 Å². The highest BCUT2D eigenvalue weighted by Gasteiger charge is 2.26. The number of nitrogens with zero attached hydrogens (tertiary/aromatic N) is 1. The zero-order valence-corrected chi connectivity index (χ0v) is 12.8. The number of carboxylic acid groups (broad SMARTS) is 1. The van der Waals surface area contributed by atoms with Crippen molar-refractivity contribution in [3.63, 3.8) is 0 Å². The summed E-state index contributed by atoms with van der Waals surface area (Å²) in [6, 6.07) is 6.50. The number of amides is 1. The summed E-state index contributed by atoms with van der Waals surface area (Å²) in [5.74, 6) is -0.828. The van der Waals surface area contributed by atoms with Crippen molar-refractivity contribution < 1.29 is 19.4 Å². The maximum Gasteiger partial charge on any atom is 0.326 e. The van der Waals surface area contributed by atoms with Crippen molar-refractivity contribution in [1.82, 2.24) is 4.90 Å². The van der Waals surface area contributed by atoms with Gasteiger partial charge >= 0.3 is 5.97 Å². The van der Waals surface area contributed by atoms with Gasteiger partial charge in [0.1, 0.15) is 11.8 Å².